The number of amides is 2. The first-order valence-corrected chi connectivity index (χ1v) is 9.11. The van der Waals surface area contributed by atoms with Crippen molar-refractivity contribution in [3.8, 4) is 5.75 Å². The third-order valence-electron chi connectivity index (χ3n) is 3.57. The number of carbonyl (C=O) groups excluding carboxylic acids is 2. The first-order valence-electron chi connectivity index (χ1n) is 8.29. The van der Waals surface area contributed by atoms with Crippen molar-refractivity contribution in [3.05, 3.63) is 70.7 Å². The Kier molecular flexibility index (Phi) is 6.42. The highest BCUT2D eigenvalue weighted by molar-refractivity contribution is 7.15. The molecule has 0 atom stereocenters. The minimum Gasteiger partial charge on any atom is -0.496 e. The van der Waals surface area contributed by atoms with Crippen LogP contribution in [-0.4, -0.2) is 35.3 Å². The summed E-state index contributed by atoms with van der Waals surface area (Å²) in [5.74, 6) is 0.0285. The van der Waals surface area contributed by atoms with Crippen LogP contribution in [0.5, 0.6) is 5.75 Å². The Labute approximate surface area is 165 Å². The monoisotopic (exact) mass is 395 g/mol. The summed E-state index contributed by atoms with van der Waals surface area (Å²) in [6.45, 7) is 0. The van der Waals surface area contributed by atoms with Crippen LogP contribution in [0.15, 0.2) is 59.7 Å². The van der Waals surface area contributed by atoms with E-state index < -0.39 is 0 Å². The molecular formula is C19H17N5O3S. The van der Waals surface area contributed by atoms with E-state index in [1.54, 1.807) is 37.4 Å². The van der Waals surface area contributed by atoms with Crippen molar-refractivity contribution in [2.24, 2.45) is 5.10 Å². The molecule has 9 heteroatoms. The summed E-state index contributed by atoms with van der Waals surface area (Å²) in [5.41, 5.74) is 3.69. The molecule has 3 aromatic rings. The number of carbonyl (C=O) groups is 2. The van der Waals surface area contributed by atoms with E-state index in [0.29, 0.717) is 21.5 Å². The Morgan fingerprint density at radius 2 is 1.86 bits per heavy atom. The van der Waals surface area contributed by atoms with Crippen LogP contribution in [0.25, 0.3) is 0 Å². The Balaban J connectivity index is 1.52. The van der Waals surface area contributed by atoms with Crippen molar-refractivity contribution in [2.75, 3.05) is 12.4 Å². The third kappa shape index (κ3) is 5.21. The Morgan fingerprint density at radius 3 is 2.64 bits per heavy atom. The van der Waals surface area contributed by atoms with E-state index in [1.807, 2.05) is 24.3 Å². The maximum atomic E-state index is 12.1. The molecular weight excluding hydrogens is 378 g/mol. The van der Waals surface area contributed by atoms with Gasteiger partial charge in [0.15, 0.2) is 0 Å². The van der Waals surface area contributed by atoms with Gasteiger partial charge in [-0.05, 0) is 24.3 Å². The molecule has 2 N–H and O–H groups in total. The number of rotatable bonds is 7. The van der Waals surface area contributed by atoms with E-state index >= 15 is 0 Å². The molecule has 0 saturated heterocycles. The molecule has 142 valence electrons. The van der Waals surface area contributed by atoms with Crippen LogP contribution in [0.3, 0.4) is 0 Å². The lowest BCUT2D eigenvalue weighted by Crippen LogP contribution is -2.19. The van der Waals surface area contributed by atoms with Gasteiger partial charge >= 0.3 is 0 Å². The highest BCUT2D eigenvalue weighted by atomic mass is 32.1. The minimum atomic E-state index is -0.344. The van der Waals surface area contributed by atoms with Gasteiger partial charge in [0.05, 0.1) is 19.7 Å². The molecule has 1 aromatic heterocycles. The number of ether oxygens (including phenoxy) is 1. The van der Waals surface area contributed by atoms with Crippen molar-refractivity contribution in [3.63, 3.8) is 0 Å². The van der Waals surface area contributed by atoms with Crippen molar-refractivity contribution in [2.45, 2.75) is 6.42 Å². The second-order valence-electron chi connectivity index (χ2n) is 5.53. The second-order valence-corrected chi connectivity index (χ2v) is 6.60. The lowest BCUT2D eigenvalue weighted by atomic mass is 10.2. The summed E-state index contributed by atoms with van der Waals surface area (Å²) in [6, 6.07) is 16.1. The fourth-order valence-electron chi connectivity index (χ4n) is 2.26. The molecule has 0 spiro atoms. The first-order chi connectivity index (χ1) is 13.7. The maximum Gasteiger partial charge on any atom is 0.257 e. The maximum absolute atomic E-state index is 12.1. The molecule has 0 unspecified atom stereocenters. The van der Waals surface area contributed by atoms with E-state index in [-0.39, 0.29) is 18.2 Å². The number of nitrogens with one attached hydrogen (secondary N) is 2. The summed E-state index contributed by atoms with van der Waals surface area (Å²) in [5, 5.41) is 15.2. The molecule has 0 bridgehead atoms. The van der Waals surface area contributed by atoms with Gasteiger partial charge in [-0.2, -0.15) is 5.10 Å². The fraction of sp³-hybridized carbons (Fsp3) is 0.105. The highest BCUT2D eigenvalue weighted by Crippen LogP contribution is 2.17. The predicted octanol–water partition coefficient (Wildman–Crippen LogP) is 2.49. The average molecular weight is 395 g/mol. The number of hydrazone groups is 1. The molecule has 0 fully saturated rings. The largest absolute Gasteiger partial charge is 0.496 e. The SMILES string of the molecule is COc1ccccc1/C=N\NC(=O)Cc1nnc(NC(=O)c2ccccc2)s1. The van der Waals surface area contributed by atoms with Crippen molar-refractivity contribution >= 4 is 34.5 Å². The fourth-order valence-corrected chi connectivity index (χ4v) is 2.99. The van der Waals surface area contributed by atoms with Gasteiger partial charge in [0.25, 0.3) is 5.91 Å². The van der Waals surface area contributed by atoms with Crippen molar-refractivity contribution in [1.29, 1.82) is 0 Å². The van der Waals surface area contributed by atoms with Gasteiger partial charge in [-0.1, -0.05) is 41.7 Å². The van der Waals surface area contributed by atoms with Crippen LogP contribution in [0.1, 0.15) is 20.9 Å². The van der Waals surface area contributed by atoms with Gasteiger partial charge in [-0.15, -0.1) is 10.2 Å². The summed E-state index contributed by atoms with van der Waals surface area (Å²) in [4.78, 5) is 24.1. The standard InChI is InChI=1S/C19H17N5O3S/c1-27-15-10-6-5-9-14(15)12-20-22-16(25)11-17-23-24-19(28-17)21-18(26)13-7-3-2-4-8-13/h2-10,12H,11H2,1H3,(H,22,25)(H,21,24,26)/b20-12-. The van der Waals surface area contributed by atoms with E-state index in [2.05, 4.69) is 26.0 Å². The number of para-hydroxylation sites is 1. The van der Waals surface area contributed by atoms with E-state index in [9.17, 15) is 9.59 Å². The summed E-state index contributed by atoms with van der Waals surface area (Å²) < 4.78 is 5.21. The van der Waals surface area contributed by atoms with Gasteiger partial charge in [0, 0.05) is 11.1 Å². The molecule has 3 rings (SSSR count). The second kappa shape index (κ2) is 9.38. The molecule has 0 radical (unpaired) electrons. The Hall–Kier alpha value is -3.59. The summed E-state index contributed by atoms with van der Waals surface area (Å²) in [6.07, 6.45) is 1.50. The Bertz CT molecular complexity index is 988. The first kappa shape index (κ1) is 19.2. The molecule has 0 aliphatic carbocycles. The van der Waals surface area contributed by atoms with Gasteiger partial charge in [-0.3, -0.25) is 14.9 Å². The van der Waals surface area contributed by atoms with Crippen LogP contribution >= 0.6 is 11.3 Å². The third-order valence-corrected chi connectivity index (χ3v) is 4.41. The van der Waals surface area contributed by atoms with Gasteiger partial charge < -0.3 is 4.74 Å². The number of methoxy groups -OCH3 is 1. The van der Waals surface area contributed by atoms with Gasteiger partial charge in [0.2, 0.25) is 11.0 Å². The highest BCUT2D eigenvalue weighted by Gasteiger charge is 2.12. The van der Waals surface area contributed by atoms with Crippen LogP contribution in [0.2, 0.25) is 0 Å². The van der Waals surface area contributed by atoms with Crippen LogP contribution in [0, 0.1) is 0 Å². The average Bonchev–Trinajstić information content (AvgIpc) is 3.15. The lowest BCUT2D eigenvalue weighted by Gasteiger charge is -2.02. The number of anilines is 1. The van der Waals surface area contributed by atoms with E-state index in [4.69, 9.17) is 4.74 Å². The zero-order valence-electron chi connectivity index (χ0n) is 15.0. The number of hydrogen-bond acceptors (Lipinski definition) is 7. The minimum absolute atomic E-state index is 0.00212. The van der Waals surface area contributed by atoms with E-state index in [1.165, 1.54) is 6.21 Å². The van der Waals surface area contributed by atoms with Crippen LogP contribution in [-0.2, 0) is 11.2 Å². The molecule has 8 nitrogen and oxygen atoms in total. The van der Waals surface area contributed by atoms with Gasteiger partial charge in [0.1, 0.15) is 10.8 Å². The summed E-state index contributed by atoms with van der Waals surface area (Å²) >= 11 is 1.13. The number of hydrogen-bond donors (Lipinski definition) is 2. The number of benzene rings is 2. The number of nitrogens with zero attached hydrogens (tertiary/aromatic N) is 3. The van der Waals surface area contributed by atoms with Crippen molar-refractivity contribution < 1.29 is 14.3 Å². The molecule has 28 heavy (non-hydrogen) atoms. The Morgan fingerprint density at radius 1 is 1.11 bits per heavy atom. The van der Waals surface area contributed by atoms with Gasteiger partial charge in [-0.25, -0.2) is 5.43 Å². The molecule has 1 heterocycles. The van der Waals surface area contributed by atoms with Crippen LogP contribution < -0.4 is 15.5 Å². The summed E-state index contributed by atoms with van der Waals surface area (Å²) in [7, 11) is 1.56. The molecule has 2 aromatic carbocycles. The number of aromatic nitrogens is 2. The normalized spacial score (nSPS) is 10.6. The predicted molar refractivity (Wildman–Crippen MR) is 107 cm³/mol. The van der Waals surface area contributed by atoms with Crippen molar-refractivity contribution in [1.82, 2.24) is 15.6 Å². The molecule has 0 aliphatic heterocycles. The smallest absolute Gasteiger partial charge is 0.257 e. The molecule has 0 aliphatic rings. The lowest BCUT2D eigenvalue weighted by molar-refractivity contribution is -0.120. The zero-order valence-corrected chi connectivity index (χ0v) is 15.8. The molecule has 0 saturated carbocycles. The molecule has 2 amide bonds. The quantitative estimate of drug-likeness (QED) is 0.472. The zero-order chi connectivity index (χ0) is 19.8. The van der Waals surface area contributed by atoms with Crippen LogP contribution in [0.4, 0.5) is 5.13 Å². The topological polar surface area (TPSA) is 106 Å². The van der Waals surface area contributed by atoms with E-state index in [0.717, 1.165) is 16.9 Å².